The maximum absolute atomic E-state index is 13.5. The molecule has 1 aliphatic heterocycles. The van der Waals surface area contributed by atoms with Crippen molar-refractivity contribution in [1.82, 2.24) is 29.2 Å². The quantitative estimate of drug-likeness (QED) is 0.321. The molecule has 0 spiro atoms. The number of allylic oxidation sites excluding steroid dienone is 1. The van der Waals surface area contributed by atoms with Gasteiger partial charge in [0.15, 0.2) is 11.5 Å². The number of nitrogens with one attached hydrogen (secondary N) is 1. The standard InChI is InChI=1S/C32H37N7O2/c1-4-14-38-30(40)26-18-33-31(34-23-16-22-19-37(3)15-12-24(22)25(17-23)20-7-6-8-20)36-29(26)39(38)27-10-9-21-11-13-32(41,5-2)28(21)35-27/h4,9-10,16-18,20,41H,1,5-8,11-15,19H2,2-3H3,(H,33,34,36)/t32-/m0/s1. The Morgan fingerprint density at radius 1 is 1.20 bits per heavy atom. The summed E-state index contributed by atoms with van der Waals surface area (Å²) in [6.07, 6.45) is 10.2. The summed E-state index contributed by atoms with van der Waals surface area (Å²) in [5, 5.41) is 15.1. The summed E-state index contributed by atoms with van der Waals surface area (Å²) in [5.41, 5.74) is 6.36. The highest BCUT2D eigenvalue weighted by atomic mass is 16.3. The SMILES string of the molecule is C=CCn1c(=O)c2cnc(Nc3cc4c(c(C5CCC5)c3)CCN(C)C4)nc2n1-c1ccc2c(n1)[C@](O)(CC)CC2. The Kier molecular flexibility index (Phi) is 6.32. The Labute approximate surface area is 239 Å². The molecule has 41 heavy (non-hydrogen) atoms. The minimum atomic E-state index is -0.960. The molecule has 0 unspecified atom stereocenters. The van der Waals surface area contributed by atoms with Gasteiger partial charge in [-0.15, -0.1) is 6.58 Å². The number of hydrogen-bond donors (Lipinski definition) is 2. The predicted molar refractivity (Wildman–Crippen MR) is 160 cm³/mol. The molecule has 3 aromatic heterocycles. The lowest BCUT2D eigenvalue weighted by Crippen LogP contribution is -2.28. The van der Waals surface area contributed by atoms with E-state index in [2.05, 4.69) is 41.0 Å². The number of aryl methyl sites for hydroxylation is 1. The van der Waals surface area contributed by atoms with Crippen LogP contribution < -0.4 is 10.9 Å². The largest absolute Gasteiger partial charge is 0.384 e. The van der Waals surface area contributed by atoms with E-state index in [1.807, 2.05) is 19.1 Å². The number of benzene rings is 1. The van der Waals surface area contributed by atoms with Gasteiger partial charge in [-0.25, -0.2) is 19.3 Å². The second-order valence-electron chi connectivity index (χ2n) is 11.9. The highest BCUT2D eigenvalue weighted by molar-refractivity contribution is 5.77. The third-order valence-corrected chi connectivity index (χ3v) is 9.35. The predicted octanol–water partition coefficient (Wildman–Crippen LogP) is 4.71. The van der Waals surface area contributed by atoms with Crippen LogP contribution in [0.5, 0.6) is 0 Å². The van der Waals surface area contributed by atoms with E-state index in [0.29, 0.717) is 47.3 Å². The van der Waals surface area contributed by atoms with Crippen molar-refractivity contribution in [2.24, 2.45) is 0 Å². The molecule has 0 saturated heterocycles. The molecule has 0 radical (unpaired) electrons. The van der Waals surface area contributed by atoms with Crippen molar-refractivity contribution in [1.29, 1.82) is 0 Å². The maximum atomic E-state index is 13.5. The molecule has 4 aromatic rings. The fourth-order valence-corrected chi connectivity index (χ4v) is 6.77. The van der Waals surface area contributed by atoms with E-state index in [-0.39, 0.29) is 12.1 Å². The Hall–Kier alpha value is -3.82. The van der Waals surface area contributed by atoms with Crippen LogP contribution in [0.1, 0.15) is 72.9 Å². The number of rotatable bonds is 7. The summed E-state index contributed by atoms with van der Waals surface area (Å²) in [4.78, 5) is 30.2. The summed E-state index contributed by atoms with van der Waals surface area (Å²) in [7, 11) is 2.17. The highest BCUT2D eigenvalue weighted by Crippen LogP contribution is 2.42. The van der Waals surface area contributed by atoms with Crippen molar-refractivity contribution >= 4 is 22.7 Å². The topological polar surface area (TPSA) is 101 Å². The molecule has 1 atom stereocenters. The number of aliphatic hydroxyl groups is 1. The summed E-state index contributed by atoms with van der Waals surface area (Å²) in [5.74, 6) is 1.60. The summed E-state index contributed by atoms with van der Waals surface area (Å²) in [6, 6.07) is 8.42. The lowest BCUT2D eigenvalue weighted by molar-refractivity contribution is 0.0306. The molecule has 9 heteroatoms. The van der Waals surface area contributed by atoms with Crippen LogP contribution in [-0.4, -0.2) is 47.9 Å². The number of nitrogens with zero attached hydrogens (tertiary/aromatic N) is 6. The number of aromatic nitrogens is 5. The van der Waals surface area contributed by atoms with E-state index in [4.69, 9.17) is 9.97 Å². The number of pyridine rings is 1. The van der Waals surface area contributed by atoms with Gasteiger partial charge < -0.3 is 15.3 Å². The molecule has 2 N–H and O–H groups in total. The lowest BCUT2D eigenvalue weighted by atomic mass is 9.76. The van der Waals surface area contributed by atoms with E-state index < -0.39 is 5.60 Å². The van der Waals surface area contributed by atoms with Gasteiger partial charge in [0.05, 0.1) is 12.2 Å². The molecule has 7 rings (SSSR count). The average Bonchev–Trinajstić information content (AvgIpc) is 3.41. The minimum Gasteiger partial charge on any atom is -0.384 e. The summed E-state index contributed by atoms with van der Waals surface area (Å²) < 4.78 is 3.32. The molecule has 0 amide bonds. The average molecular weight is 552 g/mol. The zero-order valence-electron chi connectivity index (χ0n) is 23.9. The number of fused-ring (bicyclic) bond motifs is 3. The lowest BCUT2D eigenvalue weighted by Gasteiger charge is -2.33. The Morgan fingerprint density at radius 3 is 2.80 bits per heavy atom. The van der Waals surface area contributed by atoms with Gasteiger partial charge in [-0.05, 0) is 91.9 Å². The van der Waals surface area contributed by atoms with Gasteiger partial charge in [0.1, 0.15) is 11.0 Å². The molecule has 2 aliphatic carbocycles. The van der Waals surface area contributed by atoms with Crippen molar-refractivity contribution in [2.75, 3.05) is 18.9 Å². The van der Waals surface area contributed by atoms with Crippen LogP contribution in [0.4, 0.5) is 11.6 Å². The van der Waals surface area contributed by atoms with Crippen LogP contribution in [0.2, 0.25) is 0 Å². The monoisotopic (exact) mass is 551 g/mol. The molecule has 9 nitrogen and oxygen atoms in total. The third-order valence-electron chi connectivity index (χ3n) is 9.35. The first kappa shape index (κ1) is 26.1. The Morgan fingerprint density at radius 2 is 2.05 bits per heavy atom. The molecule has 4 heterocycles. The normalized spacial score (nSPS) is 20.6. The molecule has 212 valence electrons. The first-order chi connectivity index (χ1) is 19.9. The molecule has 1 fully saturated rings. The van der Waals surface area contributed by atoms with Crippen molar-refractivity contribution in [2.45, 2.75) is 76.5 Å². The Balaban J connectivity index is 1.33. The molecule has 1 saturated carbocycles. The number of anilines is 2. The first-order valence-electron chi connectivity index (χ1n) is 14.8. The highest BCUT2D eigenvalue weighted by Gasteiger charge is 2.37. The first-order valence-corrected chi connectivity index (χ1v) is 14.8. The second kappa shape index (κ2) is 9.92. The summed E-state index contributed by atoms with van der Waals surface area (Å²) >= 11 is 0. The van der Waals surface area contributed by atoms with Gasteiger partial charge in [0.25, 0.3) is 5.56 Å². The molecular weight excluding hydrogens is 514 g/mol. The van der Waals surface area contributed by atoms with Gasteiger partial charge in [-0.3, -0.25) is 4.79 Å². The summed E-state index contributed by atoms with van der Waals surface area (Å²) in [6.45, 7) is 8.14. The van der Waals surface area contributed by atoms with Crippen LogP contribution in [0, 0.1) is 0 Å². The molecular formula is C32H37N7O2. The maximum Gasteiger partial charge on any atom is 0.278 e. The minimum absolute atomic E-state index is 0.205. The van der Waals surface area contributed by atoms with Gasteiger partial charge in [-0.2, -0.15) is 4.98 Å². The van der Waals surface area contributed by atoms with Crippen molar-refractivity contribution < 1.29 is 5.11 Å². The fraction of sp³-hybridized carbons (Fsp3) is 0.438. The number of likely N-dealkylation sites (N-methyl/N-ethyl adjacent to an activating group) is 1. The van der Waals surface area contributed by atoms with Gasteiger partial charge in [0, 0.05) is 25.0 Å². The van der Waals surface area contributed by atoms with Crippen LogP contribution in [0.25, 0.3) is 16.9 Å². The van der Waals surface area contributed by atoms with Gasteiger partial charge in [0.2, 0.25) is 5.95 Å². The van der Waals surface area contributed by atoms with E-state index in [0.717, 1.165) is 37.2 Å². The van der Waals surface area contributed by atoms with Gasteiger partial charge in [-0.1, -0.05) is 25.5 Å². The van der Waals surface area contributed by atoms with Gasteiger partial charge >= 0.3 is 0 Å². The fourth-order valence-electron chi connectivity index (χ4n) is 6.77. The van der Waals surface area contributed by atoms with Crippen LogP contribution in [0.15, 0.2) is 47.9 Å². The van der Waals surface area contributed by atoms with Crippen LogP contribution in [-0.2, 0) is 31.5 Å². The van der Waals surface area contributed by atoms with Crippen molar-refractivity contribution in [3.63, 3.8) is 0 Å². The van der Waals surface area contributed by atoms with Crippen molar-refractivity contribution in [3.05, 3.63) is 81.4 Å². The van der Waals surface area contributed by atoms with Crippen molar-refractivity contribution in [3.8, 4) is 5.82 Å². The van der Waals surface area contributed by atoms with Crippen LogP contribution in [0.3, 0.4) is 0 Å². The van der Waals surface area contributed by atoms with E-state index >= 15 is 0 Å². The smallest absolute Gasteiger partial charge is 0.278 e. The zero-order valence-corrected chi connectivity index (χ0v) is 23.9. The number of hydrogen-bond acceptors (Lipinski definition) is 7. The molecule has 1 aromatic carbocycles. The van der Waals surface area contributed by atoms with E-state index in [9.17, 15) is 9.90 Å². The Bertz CT molecular complexity index is 1730. The molecule has 3 aliphatic rings. The zero-order chi connectivity index (χ0) is 28.3. The molecule has 0 bridgehead atoms. The van der Waals surface area contributed by atoms with Crippen LogP contribution >= 0.6 is 0 Å². The third kappa shape index (κ3) is 4.30. The van der Waals surface area contributed by atoms with E-state index in [1.54, 1.807) is 21.6 Å². The second-order valence-corrected chi connectivity index (χ2v) is 11.9. The van der Waals surface area contributed by atoms with E-state index in [1.165, 1.54) is 36.0 Å².